The Labute approximate surface area is 118 Å². The largest absolute Gasteiger partial charge is 0.497 e. The van der Waals surface area contributed by atoms with Crippen LogP contribution in [0.25, 0.3) is 5.57 Å². The first-order valence-electron chi connectivity index (χ1n) is 6.28. The van der Waals surface area contributed by atoms with Crippen molar-refractivity contribution >= 4 is 11.5 Å². The van der Waals surface area contributed by atoms with Crippen molar-refractivity contribution in [1.82, 2.24) is 0 Å². The Morgan fingerprint density at radius 1 is 1.20 bits per heavy atom. The van der Waals surface area contributed by atoms with E-state index in [1.807, 2.05) is 30.3 Å². The van der Waals surface area contributed by atoms with Crippen LogP contribution in [0.5, 0.6) is 5.75 Å². The molecule has 0 amide bonds. The Hall–Kier alpha value is -1.85. The molecule has 5 nitrogen and oxygen atoms in total. The van der Waals surface area contributed by atoms with Crippen molar-refractivity contribution in [1.29, 1.82) is 0 Å². The average Bonchev–Trinajstić information content (AvgIpc) is 2.53. The summed E-state index contributed by atoms with van der Waals surface area (Å²) >= 11 is 0. The predicted molar refractivity (Wildman–Crippen MR) is 73.2 cm³/mol. The molecule has 0 fully saturated rings. The van der Waals surface area contributed by atoms with Gasteiger partial charge in [-0.05, 0) is 23.3 Å². The maximum atomic E-state index is 12.0. The Morgan fingerprint density at radius 2 is 1.90 bits per heavy atom. The van der Waals surface area contributed by atoms with Gasteiger partial charge >= 0.3 is 5.97 Å². The summed E-state index contributed by atoms with van der Waals surface area (Å²) in [5, 5.41) is 0. The summed E-state index contributed by atoms with van der Waals surface area (Å²) in [5.41, 5.74) is 1.77. The summed E-state index contributed by atoms with van der Waals surface area (Å²) in [4.78, 5) is 12.0. The van der Waals surface area contributed by atoms with Crippen molar-refractivity contribution in [3.63, 3.8) is 0 Å². The molecule has 5 heteroatoms. The fourth-order valence-corrected chi connectivity index (χ4v) is 2.25. The summed E-state index contributed by atoms with van der Waals surface area (Å²) < 4.78 is 20.7. The maximum absolute atomic E-state index is 12.0. The summed E-state index contributed by atoms with van der Waals surface area (Å²) in [6.45, 7) is 0.396. The third kappa shape index (κ3) is 2.84. The van der Waals surface area contributed by atoms with Gasteiger partial charge in [0.25, 0.3) is 0 Å². The van der Waals surface area contributed by atoms with Gasteiger partial charge in [-0.25, -0.2) is 0 Å². The lowest BCUT2D eigenvalue weighted by Gasteiger charge is -2.30. The number of hydrogen-bond donors (Lipinski definition) is 0. The highest BCUT2D eigenvalue weighted by atomic mass is 16.7. The summed E-state index contributed by atoms with van der Waals surface area (Å²) in [7, 11) is 4.48. The van der Waals surface area contributed by atoms with Crippen LogP contribution in [-0.4, -0.2) is 40.2 Å². The van der Waals surface area contributed by atoms with Gasteiger partial charge in [0.1, 0.15) is 11.7 Å². The minimum Gasteiger partial charge on any atom is -0.497 e. The molecule has 1 aliphatic rings. The van der Waals surface area contributed by atoms with Crippen LogP contribution in [-0.2, 0) is 19.0 Å². The zero-order valence-electron chi connectivity index (χ0n) is 11.8. The van der Waals surface area contributed by atoms with Crippen molar-refractivity contribution in [3.05, 3.63) is 35.9 Å². The monoisotopic (exact) mass is 278 g/mol. The molecule has 2 rings (SSSR count). The first kappa shape index (κ1) is 14.6. The topological polar surface area (TPSA) is 54.0 Å². The molecule has 0 unspecified atom stereocenters. The van der Waals surface area contributed by atoms with Crippen LogP contribution in [0.1, 0.15) is 5.56 Å². The highest BCUT2D eigenvalue weighted by Crippen LogP contribution is 2.33. The average molecular weight is 278 g/mol. The number of esters is 1. The zero-order valence-corrected chi connectivity index (χ0v) is 11.8. The number of methoxy groups -OCH3 is 3. The molecule has 20 heavy (non-hydrogen) atoms. The van der Waals surface area contributed by atoms with Gasteiger partial charge in [0.15, 0.2) is 6.29 Å². The molecule has 0 N–H and O–H groups in total. The SMILES string of the molecule is COC(=O)[C@@H]1C(c2ccc(OC)cc2)=CCO[C@H]1OC. The lowest BCUT2D eigenvalue weighted by atomic mass is 9.90. The van der Waals surface area contributed by atoms with Crippen LogP contribution >= 0.6 is 0 Å². The van der Waals surface area contributed by atoms with E-state index in [2.05, 4.69) is 0 Å². The molecule has 1 heterocycles. The molecule has 1 aromatic rings. The van der Waals surface area contributed by atoms with Crippen LogP contribution in [0, 0.1) is 5.92 Å². The van der Waals surface area contributed by atoms with E-state index in [0.29, 0.717) is 6.61 Å². The molecule has 0 aromatic heterocycles. The zero-order chi connectivity index (χ0) is 14.5. The van der Waals surface area contributed by atoms with Crippen molar-refractivity contribution in [2.24, 2.45) is 5.92 Å². The van der Waals surface area contributed by atoms with Gasteiger partial charge in [0, 0.05) is 7.11 Å². The second kappa shape index (κ2) is 6.54. The Kier molecular flexibility index (Phi) is 4.76. The molecule has 0 radical (unpaired) electrons. The lowest BCUT2D eigenvalue weighted by molar-refractivity contribution is -0.173. The van der Waals surface area contributed by atoms with Gasteiger partial charge in [-0.15, -0.1) is 0 Å². The number of carbonyl (C=O) groups is 1. The molecule has 0 saturated heterocycles. The van der Waals surface area contributed by atoms with Gasteiger partial charge in [-0.3, -0.25) is 4.79 Å². The third-order valence-electron chi connectivity index (χ3n) is 3.28. The van der Waals surface area contributed by atoms with Crippen LogP contribution in [0.4, 0.5) is 0 Å². The standard InChI is InChI=1S/C15H18O5/c1-17-11-6-4-10(5-7-11)12-8-9-20-15(19-3)13(12)14(16)18-2/h4-8,13,15H,9H2,1-3H3/t13-,15+/m0/s1. The van der Waals surface area contributed by atoms with Crippen LogP contribution in [0.3, 0.4) is 0 Å². The Bertz CT molecular complexity index is 491. The van der Waals surface area contributed by atoms with Crippen LogP contribution in [0.2, 0.25) is 0 Å². The third-order valence-corrected chi connectivity index (χ3v) is 3.28. The van der Waals surface area contributed by atoms with E-state index in [4.69, 9.17) is 18.9 Å². The second-order valence-corrected chi connectivity index (χ2v) is 4.33. The molecule has 0 saturated carbocycles. The fraction of sp³-hybridized carbons (Fsp3) is 0.400. The molecule has 0 spiro atoms. The molecule has 2 atom stereocenters. The van der Waals surface area contributed by atoms with E-state index < -0.39 is 12.2 Å². The number of hydrogen-bond acceptors (Lipinski definition) is 5. The molecule has 108 valence electrons. The van der Waals surface area contributed by atoms with E-state index >= 15 is 0 Å². The van der Waals surface area contributed by atoms with Gasteiger partial charge in [-0.2, -0.15) is 0 Å². The van der Waals surface area contributed by atoms with Gasteiger partial charge < -0.3 is 18.9 Å². The van der Waals surface area contributed by atoms with E-state index in [-0.39, 0.29) is 5.97 Å². The molecule has 0 bridgehead atoms. The summed E-state index contributed by atoms with van der Waals surface area (Å²) in [5.74, 6) is -0.204. The number of benzene rings is 1. The number of rotatable bonds is 4. The maximum Gasteiger partial charge on any atom is 0.318 e. The smallest absolute Gasteiger partial charge is 0.318 e. The number of ether oxygens (including phenoxy) is 4. The van der Waals surface area contributed by atoms with Crippen molar-refractivity contribution in [2.75, 3.05) is 27.9 Å². The molecule has 1 aliphatic heterocycles. The normalized spacial score (nSPS) is 22.1. The van der Waals surface area contributed by atoms with Gasteiger partial charge in [0.05, 0.1) is 20.8 Å². The predicted octanol–water partition coefficient (Wildman–Crippen LogP) is 1.87. The lowest BCUT2D eigenvalue weighted by Crippen LogP contribution is -2.37. The molecule has 1 aromatic carbocycles. The van der Waals surface area contributed by atoms with Gasteiger partial charge in [0.2, 0.25) is 0 Å². The Morgan fingerprint density at radius 3 is 2.45 bits per heavy atom. The van der Waals surface area contributed by atoms with E-state index in [9.17, 15) is 4.79 Å². The number of carbonyl (C=O) groups excluding carboxylic acids is 1. The van der Waals surface area contributed by atoms with E-state index in [1.54, 1.807) is 7.11 Å². The molecular formula is C15H18O5. The summed E-state index contributed by atoms with van der Waals surface area (Å²) in [6, 6.07) is 7.50. The first-order chi connectivity index (χ1) is 9.71. The summed E-state index contributed by atoms with van der Waals surface area (Å²) in [6.07, 6.45) is 1.24. The Balaban J connectivity index is 2.34. The van der Waals surface area contributed by atoms with Crippen LogP contribution in [0.15, 0.2) is 30.3 Å². The van der Waals surface area contributed by atoms with Crippen molar-refractivity contribution in [2.45, 2.75) is 6.29 Å². The molecular weight excluding hydrogens is 260 g/mol. The van der Waals surface area contributed by atoms with E-state index in [0.717, 1.165) is 16.9 Å². The second-order valence-electron chi connectivity index (χ2n) is 4.33. The van der Waals surface area contributed by atoms with Crippen molar-refractivity contribution in [3.8, 4) is 5.75 Å². The minimum atomic E-state index is -0.635. The van der Waals surface area contributed by atoms with Crippen molar-refractivity contribution < 1.29 is 23.7 Å². The fourth-order valence-electron chi connectivity index (χ4n) is 2.25. The first-order valence-corrected chi connectivity index (χ1v) is 6.28. The van der Waals surface area contributed by atoms with Crippen LogP contribution < -0.4 is 4.74 Å². The van der Waals surface area contributed by atoms with E-state index in [1.165, 1.54) is 14.2 Å². The highest BCUT2D eigenvalue weighted by molar-refractivity contribution is 5.89. The minimum absolute atomic E-state index is 0.376. The molecule has 0 aliphatic carbocycles. The van der Waals surface area contributed by atoms with Gasteiger partial charge in [-0.1, -0.05) is 18.2 Å². The quantitative estimate of drug-likeness (QED) is 0.787. The highest BCUT2D eigenvalue weighted by Gasteiger charge is 2.36.